The fraction of sp³-hybridized carbons (Fsp3) is 0.462. The second-order valence-electron chi connectivity index (χ2n) is 4.64. The molecule has 19 heavy (non-hydrogen) atoms. The first-order valence-electron chi connectivity index (χ1n) is 6.15. The highest BCUT2D eigenvalue weighted by molar-refractivity contribution is 7.80. The Kier molecular flexibility index (Phi) is 4.11. The zero-order chi connectivity index (χ0) is 14.0. The number of ether oxygens (including phenoxy) is 1. The number of amides is 1. The molecule has 1 fully saturated rings. The van der Waals surface area contributed by atoms with Gasteiger partial charge in [-0.1, -0.05) is 12.2 Å². The predicted octanol–water partition coefficient (Wildman–Crippen LogP) is 0.965. The summed E-state index contributed by atoms with van der Waals surface area (Å²) in [4.78, 5) is 18.4. The van der Waals surface area contributed by atoms with E-state index in [9.17, 15) is 4.79 Å². The average molecular weight is 279 g/mol. The Hall–Kier alpha value is -1.53. The van der Waals surface area contributed by atoms with Crippen LogP contribution in [-0.4, -0.2) is 46.6 Å². The van der Waals surface area contributed by atoms with Crippen LogP contribution >= 0.6 is 12.2 Å². The van der Waals surface area contributed by atoms with Crippen LogP contribution in [0, 0.1) is 0 Å². The quantitative estimate of drug-likeness (QED) is 0.835. The predicted molar refractivity (Wildman–Crippen MR) is 76.0 cm³/mol. The van der Waals surface area contributed by atoms with E-state index in [-0.39, 0.29) is 23.0 Å². The third-order valence-corrected chi connectivity index (χ3v) is 3.66. The number of aromatic nitrogens is 1. The van der Waals surface area contributed by atoms with Gasteiger partial charge < -0.3 is 15.4 Å². The molecule has 2 rings (SSSR count). The molecule has 2 unspecified atom stereocenters. The van der Waals surface area contributed by atoms with Gasteiger partial charge in [-0.2, -0.15) is 0 Å². The summed E-state index contributed by atoms with van der Waals surface area (Å²) >= 11 is 4.85. The number of thiocarbonyl (C=S) groups is 1. The molecule has 2 N–H and O–H groups in total. The number of carbonyl (C=O) groups is 1. The van der Waals surface area contributed by atoms with Crippen LogP contribution in [0.4, 0.5) is 0 Å². The number of pyridine rings is 1. The molecule has 1 amide bonds. The van der Waals surface area contributed by atoms with Crippen LogP contribution in [0.1, 0.15) is 29.4 Å². The molecule has 1 aromatic heterocycles. The topological polar surface area (TPSA) is 68.5 Å². The average Bonchev–Trinajstić information content (AvgIpc) is 2.83. The van der Waals surface area contributed by atoms with Gasteiger partial charge in [-0.15, -0.1) is 0 Å². The van der Waals surface area contributed by atoms with Crippen molar-refractivity contribution in [3.05, 3.63) is 29.6 Å². The molecule has 1 aliphatic rings. The summed E-state index contributed by atoms with van der Waals surface area (Å²) in [6, 6.07) is 3.46. The smallest absolute Gasteiger partial charge is 0.272 e. The van der Waals surface area contributed by atoms with Crippen molar-refractivity contribution in [3.63, 3.8) is 0 Å². The third kappa shape index (κ3) is 2.90. The largest absolute Gasteiger partial charge is 0.389 e. The number of nitrogens with two attached hydrogens (primary N) is 1. The number of likely N-dealkylation sites (N-methyl/N-ethyl adjacent to an activating group) is 1. The van der Waals surface area contributed by atoms with Crippen LogP contribution in [0.25, 0.3) is 0 Å². The molecule has 0 saturated carbocycles. The maximum absolute atomic E-state index is 12.3. The van der Waals surface area contributed by atoms with Crippen LogP contribution < -0.4 is 5.73 Å². The van der Waals surface area contributed by atoms with E-state index in [4.69, 9.17) is 22.7 Å². The fourth-order valence-corrected chi connectivity index (χ4v) is 2.35. The number of nitrogens with zero attached hydrogens (tertiary/aromatic N) is 2. The minimum atomic E-state index is -0.114. The molecule has 0 aliphatic carbocycles. The van der Waals surface area contributed by atoms with Crippen LogP contribution in [-0.2, 0) is 4.74 Å². The Morgan fingerprint density at radius 2 is 2.32 bits per heavy atom. The highest BCUT2D eigenvalue weighted by Gasteiger charge is 2.31. The van der Waals surface area contributed by atoms with E-state index in [2.05, 4.69) is 4.98 Å². The van der Waals surface area contributed by atoms with E-state index in [1.165, 1.54) is 6.20 Å². The molecule has 0 spiro atoms. The summed E-state index contributed by atoms with van der Waals surface area (Å²) in [7, 11) is 1.78. The van der Waals surface area contributed by atoms with Gasteiger partial charge in [0.05, 0.1) is 12.1 Å². The van der Waals surface area contributed by atoms with E-state index in [0.29, 0.717) is 17.9 Å². The molecule has 102 valence electrons. The maximum atomic E-state index is 12.3. The fourth-order valence-electron chi connectivity index (χ4n) is 2.23. The first-order valence-corrected chi connectivity index (χ1v) is 6.56. The lowest BCUT2D eigenvalue weighted by molar-refractivity contribution is 0.0570. The summed E-state index contributed by atoms with van der Waals surface area (Å²) in [5.41, 5.74) is 6.55. The molecule has 5 nitrogen and oxygen atoms in total. The van der Waals surface area contributed by atoms with Crippen molar-refractivity contribution in [2.75, 3.05) is 13.7 Å². The third-order valence-electron chi connectivity index (χ3n) is 3.42. The van der Waals surface area contributed by atoms with E-state index < -0.39 is 0 Å². The SMILES string of the molecule is CC1OCCC1N(C)C(=O)c1ccc(C(N)=S)cn1. The number of hydrogen-bond acceptors (Lipinski definition) is 4. The van der Waals surface area contributed by atoms with E-state index in [1.54, 1.807) is 24.1 Å². The van der Waals surface area contributed by atoms with E-state index >= 15 is 0 Å². The molecular weight excluding hydrogens is 262 g/mol. The molecule has 0 aromatic carbocycles. The molecule has 6 heteroatoms. The normalized spacial score (nSPS) is 22.2. The second-order valence-corrected chi connectivity index (χ2v) is 5.08. The Balaban J connectivity index is 2.12. The van der Waals surface area contributed by atoms with Gasteiger partial charge >= 0.3 is 0 Å². The Labute approximate surface area is 117 Å². The molecule has 2 heterocycles. The summed E-state index contributed by atoms with van der Waals surface area (Å²) in [6.45, 7) is 2.67. The molecule has 0 radical (unpaired) electrons. The zero-order valence-electron chi connectivity index (χ0n) is 11.0. The van der Waals surface area contributed by atoms with Gasteiger partial charge in [-0.25, -0.2) is 0 Å². The summed E-state index contributed by atoms with van der Waals surface area (Å²) in [5.74, 6) is -0.114. The molecule has 1 aromatic rings. The minimum Gasteiger partial charge on any atom is -0.389 e. The minimum absolute atomic E-state index is 0.0600. The van der Waals surface area contributed by atoms with Gasteiger partial charge in [0.2, 0.25) is 0 Å². The summed E-state index contributed by atoms with van der Waals surface area (Å²) in [6.07, 6.45) is 2.44. The van der Waals surface area contributed by atoms with Crippen molar-refractivity contribution < 1.29 is 9.53 Å². The highest BCUT2D eigenvalue weighted by Crippen LogP contribution is 2.19. The van der Waals surface area contributed by atoms with Crippen LogP contribution in [0.2, 0.25) is 0 Å². The van der Waals surface area contributed by atoms with Crippen molar-refractivity contribution in [3.8, 4) is 0 Å². The van der Waals surface area contributed by atoms with Crippen LogP contribution in [0.15, 0.2) is 18.3 Å². The van der Waals surface area contributed by atoms with E-state index in [1.807, 2.05) is 6.92 Å². The standard InChI is InChI=1S/C13H17N3O2S/c1-8-11(5-6-18-8)16(2)13(17)10-4-3-9(7-15-10)12(14)19/h3-4,7-8,11H,5-6H2,1-2H3,(H2,14,19). The number of carbonyl (C=O) groups excluding carboxylic acids is 1. The monoisotopic (exact) mass is 279 g/mol. The van der Waals surface area contributed by atoms with Crippen molar-refractivity contribution in [1.29, 1.82) is 0 Å². The first-order chi connectivity index (χ1) is 9.00. The van der Waals surface area contributed by atoms with Crippen molar-refractivity contribution in [2.24, 2.45) is 5.73 Å². The van der Waals surface area contributed by atoms with Gasteiger partial charge in [-0.3, -0.25) is 9.78 Å². The summed E-state index contributed by atoms with van der Waals surface area (Å²) < 4.78 is 5.48. The van der Waals surface area contributed by atoms with Crippen molar-refractivity contribution in [1.82, 2.24) is 9.88 Å². The number of hydrogen-bond donors (Lipinski definition) is 1. The lowest BCUT2D eigenvalue weighted by Gasteiger charge is -2.26. The van der Waals surface area contributed by atoms with E-state index in [0.717, 1.165) is 6.42 Å². The van der Waals surface area contributed by atoms with Gasteiger partial charge in [0.1, 0.15) is 10.7 Å². The lowest BCUT2D eigenvalue weighted by Crippen LogP contribution is -2.41. The molecule has 0 bridgehead atoms. The first kappa shape index (κ1) is 13.9. The molecular formula is C13H17N3O2S. The van der Waals surface area contributed by atoms with Gasteiger partial charge in [0, 0.05) is 25.4 Å². The van der Waals surface area contributed by atoms with Crippen LogP contribution in [0.5, 0.6) is 0 Å². The van der Waals surface area contributed by atoms with Gasteiger partial charge in [-0.05, 0) is 25.5 Å². The molecule has 1 saturated heterocycles. The Bertz CT molecular complexity index is 489. The lowest BCUT2D eigenvalue weighted by atomic mass is 10.1. The second kappa shape index (κ2) is 5.63. The Morgan fingerprint density at radius 1 is 1.58 bits per heavy atom. The molecule has 1 aliphatic heterocycles. The van der Waals surface area contributed by atoms with Crippen LogP contribution in [0.3, 0.4) is 0 Å². The van der Waals surface area contributed by atoms with Crippen molar-refractivity contribution >= 4 is 23.1 Å². The Morgan fingerprint density at radius 3 is 2.79 bits per heavy atom. The summed E-state index contributed by atoms with van der Waals surface area (Å²) in [5, 5.41) is 0. The van der Waals surface area contributed by atoms with Gasteiger partial charge in [0.15, 0.2) is 0 Å². The zero-order valence-corrected chi connectivity index (χ0v) is 11.8. The maximum Gasteiger partial charge on any atom is 0.272 e. The molecule has 2 atom stereocenters. The highest BCUT2D eigenvalue weighted by atomic mass is 32.1. The van der Waals surface area contributed by atoms with Crippen molar-refractivity contribution in [2.45, 2.75) is 25.5 Å². The van der Waals surface area contributed by atoms with Gasteiger partial charge in [0.25, 0.3) is 5.91 Å². The number of rotatable bonds is 3.